The van der Waals surface area contributed by atoms with Crippen LogP contribution in [0.5, 0.6) is 0 Å². The third-order valence-electron chi connectivity index (χ3n) is 3.65. The molecule has 1 aliphatic heterocycles. The van der Waals surface area contributed by atoms with Crippen LogP contribution in [0.25, 0.3) is 0 Å². The van der Waals surface area contributed by atoms with Crippen LogP contribution in [-0.4, -0.2) is 57.0 Å². The molecule has 0 spiro atoms. The molecule has 0 bridgehead atoms. The summed E-state index contributed by atoms with van der Waals surface area (Å²) < 4.78 is 10.7. The van der Waals surface area contributed by atoms with Gasteiger partial charge in [-0.2, -0.15) is 0 Å². The summed E-state index contributed by atoms with van der Waals surface area (Å²) >= 11 is 0. The predicted octanol–water partition coefficient (Wildman–Crippen LogP) is 0.461. The van der Waals surface area contributed by atoms with E-state index in [-0.39, 0.29) is 5.54 Å². The molecule has 0 radical (unpaired) electrons. The summed E-state index contributed by atoms with van der Waals surface area (Å²) in [6.45, 7) is 5.17. The van der Waals surface area contributed by atoms with Crippen LogP contribution < -0.4 is 5.73 Å². The van der Waals surface area contributed by atoms with Crippen LogP contribution in [0.15, 0.2) is 0 Å². The highest BCUT2D eigenvalue weighted by molar-refractivity contribution is 4.93. The zero-order valence-corrected chi connectivity index (χ0v) is 10.2. The lowest BCUT2D eigenvalue weighted by Crippen LogP contribution is -2.58. The van der Waals surface area contributed by atoms with Gasteiger partial charge in [0.2, 0.25) is 0 Å². The fraction of sp³-hybridized carbons (Fsp3) is 1.00. The van der Waals surface area contributed by atoms with Gasteiger partial charge in [-0.05, 0) is 19.9 Å². The van der Waals surface area contributed by atoms with Crippen molar-refractivity contribution < 1.29 is 9.47 Å². The molecule has 0 aromatic heterocycles. The Morgan fingerprint density at radius 2 is 2.33 bits per heavy atom. The molecule has 0 amide bonds. The molecular weight excluding hydrogens is 192 g/mol. The van der Waals surface area contributed by atoms with Gasteiger partial charge in [-0.25, -0.2) is 0 Å². The fourth-order valence-electron chi connectivity index (χ4n) is 2.28. The molecule has 2 unspecified atom stereocenters. The lowest BCUT2D eigenvalue weighted by Gasteiger charge is -2.43. The summed E-state index contributed by atoms with van der Waals surface area (Å²) in [6.07, 6.45) is 2.10. The van der Waals surface area contributed by atoms with Crippen molar-refractivity contribution in [3.8, 4) is 0 Å². The number of nitrogens with two attached hydrogens (primary N) is 1. The molecule has 1 fully saturated rings. The molecule has 4 heteroatoms. The quantitative estimate of drug-likeness (QED) is 0.701. The predicted molar refractivity (Wildman–Crippen MR) is 60.9 cm³/mol. The Labute approximate surface area is 92.7 Å². The average molecular weight is 216 g/mol. The van der Waals surface area contributed by atoms with Crippen molar-refractivity contribution in [2.75, 3.05) is 40.5 Å². The SMILES string of the molecule is CCC(CN)(COC)N(C)C1CCOC1. The average Bonchev–Trinajstić information content (AvgIpc) is 2.78. The lowest BCUT2D eigenvalue weighted by atomic mass is 9.93. The van der Waals surface area contributed by atoms with E-state index in [0.29, 0.717) is 19.2 Å². The zero-order chi connectivity index (χ0) is 11.3. The van der Waals surface area contributed by atoms with Crippen LogP contribution in [0.3, 0.4) is 0 Å². The Morgan fingerprint density at radius 3 is 2.73 bits per heavy atom. The van der Waals surface area contributed by atoms with E-state index in [0.717, 1.165) is 26.1 Å². The smallest absolute Gasteiger partial charge is 0.0658 e. The molecule has 4 nitrogen and oxygen atoms in total. The summed E-state index contributed by atoms with van der Waals surface area (Å²) in [6, 6.07) is 0.489. The molecular formula is C11H24N2O2. The first-order chi connectivity index (χ1) is 7.20. The lowest BCUT2D eigenvalue weighted by molar-refractivity contribution is 0.000256. The first-order valence-electron chi connectivity index (χ1n) is 5.70. The number of ether oxygens (including phenoxy) is 2. The van der Waals surface area contributed by atoms with Gasteiger partial charge < -0.3 is 15.2 Å². The van der Waals surface area contributed by atoms with E-state index in [2.05, 4.69) is 18.9 Å². The van der Waals surface area contributed by atoms with Crippen molar-refractivity contribution >= 4 is 0 Å². The van der Waals surface area contributed by atoms with Crippen molar-refractivity contribution in [2.45, 2.75) is 31.3 Å². The number of hydrogen-bond donors (Lipinski definition) is 1. The van der Waals surface area contributed by atoms with Gasteiger partial charge in [-0.3, -0.25) is 4.90 Å². The molecule has 1 aliphatic rings. The Balaban J connectivity index is 2.67. The molecule has 1 rings (SSSR count). The van der Waals surface area contributed by atoms with Gasteiger partial charge in [0.1, 0.15) is 0 Å². The number of hydrogen-bond acceptors (Lipinski definition) is 4. The van der Waals surface area contributed by atoms with Crippen LogP contribution in [-0.2, 0) is 9.47 Å². The van der Waals surface area contributed by atoms with E-state index in [1.807, 2.05) is 0 Å². The Kier molecular flexibility index (Phi) is 4.99. The van der Waals surface area contributed by atoms with Gasteiger partial charge in [-0.1, -0.05) is 6.92 Å². The normalized spacial score (nSPS) is 25.8. The molecule has 0 aromatic rings. The Bertz CT molecular complexity index is 177. The number of methoxy groups -OCH3 is 1. The first kappa shape index (κ1) is 12.9. The van der Waals surface area contributed by atoms with Gasteiger partial charge in [-0.15, -0.1) is 0 Å². The van der Waals surface area contributed by atoms with E-state index in [9.17, 15) is 0 Å². The van der Waals surface area contributed by atoms with Crippen molar-refractivity contribution in [3.63, 3.8) is 0 Å². The second-order valence-corrected chi connectivity index (χ2v) is 4.34. The Hall–Kier alpha value is -0.160. The third kappa shape index (κ3) is 2.69. The highest BCUT2D eigenvalue weighted by atomic mass is 16.5. The summed E-state index contributed by atoms with van der Waals surface area (Å²) in [7, 11) is 3.87. The molecule has 15 heavy (non-hydrogen) atoms. The van der Waals surface area contributed by atoms with Crippen molar-refractivity contribution in [3.05, 3.63) is 0 Å². The third-order valence-corrected chi connectivity index (χ3v) is 3.65. The topological polar surface area (TPSA) is 47.7 Å². The monoisotopic (exact) mass is 216 g/mol. The van der Waals surface area contributed by atoms with E-state index in [1.54, 1.807) is 7.11 Å². The molecule has 0 saturated carbocycles. The Morgan fingerprint density at radius 1 is 1.60 bits per heavy atom. The molecule has 1 heterocycles. The van der Waals surface area contributed by atoms with Crippen molar-refractivity contribution in [1.29, 1.82) is 0 Å². The summed E-state index contributed by atoms with van der Waals surface area (Å²) in [5.74, 6) is 0. The minimum Gasteiger partial charge on any atom is -0.383 e. The maximum absolute atomic E-state index is 5.91. The van der Waals surface area contributed by atoms with Crippen molar-refractivity contribution in [2.24, 2.45) is 5.73 Å². The van der Waals surface area contributed by atoms with Gasteiger partial charge in [0, 0.05) is 26.3 Å². The second-order valence-electron chi connectivity index (χ2n) is 4.34. The minimum absolute atomic E-state index is 0.0346. The van der Waals surface area contributed by atoms with Gasteiger partial charge in [0.25, 0.3) is 0 Å². The largest absolute Gasteiger partial charge is 0.383 e. The molecule has 2 N–H and O–H groups in total. The standard InChI is InChI=1S/C11H24N2O2/c1-4-11(8-12,9-14-3)13(2)10-5-6-15-7-10/h10H,4-9,12H2,1-3H3. The van der Waals surface area contributed by atoms with Gasteiger partial charge >= 0.3 is 0 Å². The second kappa shape index (κ2) is 5.80. The van der Waals surface area contributed by atoms with Crippen molar-refractivity contribution in [1.82, 2.24) is 4.90 Å². The van der Waals surface area contributed by atoms with Crippen LogP contribution in [0, 0.1) is 0 Å². The molecule has 0 aliphatic carbocycles. The maximum Gasteiger partial charge on any atom is 0.0658 e. The molecule has 2 atom stereocenters. The number of rotatable bonds is 6. The molecule has 90 valence electrons. The molecule has 0 aromatic carbocycles. The van der Waals surface area contributed by atoms with Crippen LogP contribution in [0.4, 0.5) is 0 Å². The fourth-order valence-corrected chi connectivity index (χ4v) is 2.28. The first-order valence-corrected chi connectivity index (χ1v) is 5.70. The van der Waals surface area contributed by atoms with Crippen LogP contribution in [0.1, 0.15) is 19.8 Å². The van der Waals surface area contributed by atoms with Crippen LogP contribution in [0.2, 0.25) is 0 Å². The van der Waals surface area contributed by atoms with E-state index >= 15 is 0 Å². The van der Waals surface area contributed by atoms with Crippen LogP contribution >= 0.6 is 0 Å². The highest BCUT2D eigenvalue weighted by Crippen LogP contribution is 2.24. The zero-order valence-electron chi connectivity index (χ0n) is 10.2. The van der Waals surface area contributed by atoms with E-state index in [1.165, 1.54) is 0 Å². The van der Waals surface area contributed by atoms with E-state index in [4.69, 9.17) is 15.2 Å². The number of likely N-dealkylation sites (N-methyl/N-ethyl adjacent to an activating group) is 1. The molecule has 1 saturated heterocycles. The van der Waals surface area contributed by atoms with Gasteiger partial charge in [0.15, 0.2) is 0 Å². The summed E-state index contributed by atoms with van der Waals surface area (Å²) in [5, 5.41) is 0. The maximum atomic E-state index is 5.91. The minimum atomic E-state index is -0.0346. The van der Waals surface area contributed by atoms with Gasteiger partial charge in [0.05, 0.1) is 18.8 Å². The number of nitrogens with zero attached hydrogens (tertiary/aromatic N) is 1. The summed E-state index contributed by atoms with van der Waals surface area (Å²) in [5.41, 5.74) is 5.88. The van der Waals surface area contributed by atoms with E-state index < -0.39 is 0 Å². The summed E-state index contributed by atoms with van der Waals surface area (Å²) in [4.78, 5) is 2.35. The highest BCUT2D eigenvalue weighted by Gasteiger charge is 2.36.